The van der Waals surface area contributed by atoms with Crippen molar-refractivity contribution in [2.45, 2.75) is 25.4 Å². The van der Waals surface area contributed by atoms with Crippen molar-refractivity contribution in [1.82, 2.24) is 5.32 Å². The SMILES string of the molecule is COc1ccc(C[C@](C)(O)CNC(=O)Cc2ccccc2Cl)cc1. The van der Waals surface area contributed by atoms with E-state index in [1.165, 1.54) is 0 Å². The summed E-state index contributed by atoms with van der Waals surface area (Å²) >= 11 is 6.05. The van der Waals surface area contributed by atoms with E-state index in [2.05, 4.69) is 5.32 Å². The molecule has 2 N–H and O–H groups in total. The molecule has 0 aliphatic heterocycles. The molecule has 24 heavy (non-hydrogen) atoms. The van der Waals surface area contributed by atoms with E-state index in [1.807, 2.05) is 42.5 Å². The molecule has 0 radical (unpaired) electrons. The second kappa shape index (κ2) is 8.18. The average molecular weight is 348 g/mol. The molecule has 0 fully saturated rings. The van der Waals surface area contributed by atoms with E-state index in [1.54, 1.807) is 20.1 Å². The van der Waals surface area contributed by atoms with Gasteiger partial charge in [0.05, 0.1) is 19.1 Å². The summed E-state index contributed by atoms with van der Waals surface area (Å²) in [5, 5.41) is 13.8. The minimum Gasteiger partial charge on any atom is -0.497 e. The summed E-state index contributed by atoms with van der Waals surface area (Å²) in [6, 6.07) is 14.7. The molecular weight excluding hydrogens is 326 g/mol. The molecule has 2 aromatic carbocycles. The Kier molecular flexibility index (Phi) is 6.23. The highest BCUT2D eigenvalue weighted by Crippen LogP contribution is 2.17. The molecule has 2 rings (SSSR count). The maximum Gasteiger partial charge on any atom is 0.224 e. The summed E-state index contributed by atoms with van der Waals surface area (Å²) in [7, 11) is 1.61. The molecule has 128 valence electrons. The van der Waals surface area contributed by atoms with Crippen LogP contribution in [0, 0.1) is 0 Å². The van der Waals surface area contributed by atoms with Gasteiger partial charge in [0, 0.05) is 18.0 Å². The lowest BCUT2D eigenvalue weighted by Crippen LogP contribution is -2.42. The minimum absolute atomic E-state index is 0.168. The van der Waals surface area contributed by atoms with Crippen molar-refractivity contribution >= 4 is 17.5 Å². The number of hydrogen-bond acceptors (Lipinski definition) is 3. The number of carbonyl (C=O) groups is 1. The fourth-order valence-corrected chi connectivity index (χ4v) is 2.61. The fraction of sp³-hybridized carbons (Fsp3) is 0.316. The van der Waals surface area contributed by atoms with Crippen LogP contribution in [-0.2, 0) is 17.6 Å². The Balaban J connectivity index is 1.87. The Morgan fingerprint density at radius 3 is 2.50 bits per heavy atom. The number of hydrogen-bond donors (Lipinski definition) is 2. The summed E-state index contributed by atoms with van der Waals surface area (Å²) < 4.78 is 5.11. The fourth-order valence-electron chi connectivity index (χ4n) is 2.41. The van der Waals surface area contributed by atoms with Crippen molar-refractivity contribution in [1.29, 1.82) is 0 Å². The maximum absolute atomic E-state index is 12.0. The topological polar surface area (TPSA) is 58.6 Å². The van der Waals surface area contributed by atoms with Gasteiger partial charge in [-0.1, -0.05) is 41.9 Å². The minimum atomic E-state index is -1.04. The van der Waals surface area contributed by atoms with Crippen LogP contribution in [0.5, 0.6) is 5.75 Å². The first kappa shape index (κ1) is 18.3. The third kappa shape index (κ3) is 5.55. The number of amides is 1. The Morgan fingerprint density at radius 2 is 1.88 bits per heavy atom. The van der Waals surface area contributed by atoms with Gasteiger partial charge in [-0.05, 0) is 36.2 Å². The van der Waals surface area contributed by atoms with Crippen LogP contribution in [0.25, 0.3) is 0 Å². The van der Waals surface area contributed by atoms with Crippen LogP contribution in [0.3, 0.4) is 0 Å². The first-order valence-electron chi connectivity index (χ1n) is 7.75. The number of nitrogens with one attached hydrogen (secondary N) is 1. The van der Waals surface area contributed by atoms with E-state index in [-0.39, 0.29) is 18.9 Å². The predicted octanol–water partition coefficient (Wildman–Crippen LogP) is 3.00. The molecule has 5 heteroatoms. The Labute approximate surface area is 147 Å². The van der Waals surface area contributed by atoms with Crippen molar-refractivity contribution in [3.63, 3.8) is 0 Å². The molecule has 0 aliphatic rings. The quantitative estimate of drug-likeness (QED) is 0.809. The highest BCUT2D eigenvalue weighted by molar-refractivity contribution is 6.31. The van der Waals surface area contributed by atoms with E-state index in [0.717, 1.165) is 16.9 Å². The lowest BCUT2D eigenvalue weighted by atomic mass is 9.96. The third-order valence-electron chi connectivity index (χ3n) is 3.72. The lowest BCUT2D eigenvalue weighted by molar-refractivity contribution is -0.121. The molecule has 4 nitrogen and oxygen atoms in total. The number of methoxy groups -OCH3 is 1. The van der Waals surface area contributed by atoms with Gasteiger partial charge in [-0.15, -0.1) is 0 Å². The van der Waals surface area contributed by atoms with E-state index in [9.17, 15) is 9.90 Å². The van der Waals surface area contributed by atoms with E-state index in [0.29, 0.717) is 11.4 Å². The van der Waals surface area contributed by atoms with Gasteiger partial charge in [-0.3, -0.25) is 4.79 Å². The normalized spacial score (nSPS) is 13.2. The van der Waals surface area contributed by atoms with Crippen LogP contribution >= 0.6 is 11.6 Å². The monoisotopic (exact) mass is 347 g/mol. The smallest absolute Gasteiger partial charge is 0.224 e. The first-order valence-corrected chi connectivity index (χ1v) is 8.13. The molecule has 1 amide bonds. The van der Waals surface area contributed by atoms with Gasteiger partial charge >= 0.3 is 0 Å². The number of carbonyl (C=O) groups excluding carboxylic acids is 1. The third-order valence-corrected chi connectivity index (χ3v) is 4.09. The molecule has 2 aromatic rings. The zero-order chi connectivity index (χ0) is 17.6. The molecule has 0 aromatic heterocycles. The number of rotatable bonds is 7. The zero-order valence-corrected chi connectivity index (χ0v) is 14.6. The zero-order valence-electron chi connectivity index (χ0n) is 13.9. The molecular formula is C19H22ClNO3. The summed E-state index contributed by atoms with van der Waals surface area (Å²) in [5.41, 5.74) is 0.706. The van der Waals surface area contributed by atoms with Gasteiger partial charge in [0.2, 0.25) is 5.91 Å². The molecule has 0 spiro atoms. The summed E-state index contributed by atoms with van der Waals surface area (Å²) in [4.78, 5) is 12.0. The Bertz CT molecular complexity index is 683. The molecule has 0 unspecified atom stereocenters. The van der Waals surface area contributed by atoms with Crippen LogP contribution in [0.15, 0.2) is 48.5 Å². The van der Waals surface area contributed by atoms with Crippen LogP contribution < -0.4 is 10.1 Å². The van der Waals surface area contributed by atoms with Gasteiger partial charge in [0.15, 0.2) is 0 Å². The van der Waals surface area contributed by atoms with E-state index < -0.39 is 5.60 Å². The van der Waals surface area contributed by atoms with Gasteiger partial charge < -0.3 is 15.2 Å². The van der Waals surface area contributed by atoms with Crippen LogP contribution in [0.2, 0.25) is 5.02 Å². The van der Waals surface area contributed by atoms with E-state index >= 15 is 0 Å². The van der Waals surface area contributed by atoms with Gasteiger partial charge in [-0.25, -0.2) is 0 Å². The van der Waals surface area contributed by atoms with Gasteiger partial charge in [-0.2, -0.15) is 0 Å². The number of halogens is 1. The van der Waals surface area contributed by atoms with Crippen molar-refractivity contribution in [2.75, 3.05) is 13.7 Å². The summed E-state index contributed by atoms with van der Waals surface area (Å²) in [6.45, 7) is 1.87. The molecule has 1 atom stereocenters. The lowest BCUT2D eigenvalue weighted by Gasteiger charge is -2.24. The number of ether oxygens (including phenoxy) is 1. The molecule has 0 aliphatic carbocycles. The standard InChI is InChI=1S/C19H22ClNO3/c1-19(23,12-14-7-9-16(24-2)10-8-14)13-21-18(22)11-15-5-3-4-6-17(15)20/h3-10,23H,11-13H2,1-2H3,(H,21,22)/t19-/m0/s1. The number of benzene rings is 2. The highest BCUT2D eigenvalue weighted by Gasteiger charge is 2.22. The summed E-state index contributed by atoms with van der Waals surface area (Å²) in [6.07, 6.45) is 0.627. The van der Waals surface area contributed by atoms with Gasteiger partial charge in [0.25, 0.3) is 0 Å². The molecule has 0 saturated carbocycles. The van der Waals surface area contributed by atoms with Crippen LogP contribution in [0.1, 0.15) is 18.1 Å². The van der Waals surface area contributed by atoms with Crippen molar-refractivity contribution in [3.05, 3.63) is 64.7 Å². The second-order valence-electron chi connectivity index (χ2n) is 6.07. The maximum atomic E-state index is 12.0. The Morgan fingerprint density at radius 1 is 1.21 bits per heavy atom. The van der Waals surface area contributed by atoms with Gasteiger partial charge in [0.1, 0.15) is 5.75 Å². The number of aliphatic hydroxyl groups is 1. The van der Waals surface area contributed by atoms with E-state index in [4.69, 9.17) is 16.3 Å². The summed E-state index contributed by atoms with van der Waals surface area (Å²) in [5.74, 6) is 0.601. The molecule has 0 saturated heterocycles. The Hall–Kier alpha value is -2.04. The van der Waals surface area contributed by atoms with Crippen LogP contribution in [-0.4, -0.2) is 30.3 Å². The molecule has 0 heterocycles. The van der Waals surface area contributed by atoms with Crippen LogP contribution in [0.4, 0.5) is 0 Å². The largest absolute Gasteiger partial charge is 0.497 e. The predicted molar refractivity (Wildman–Crippen MR) is 95.5 cm³/mol. The molecule has 0 bridgehead atoms. The second-order valence-corrected chi connectivity index (χ2v) is 6.47. The average Bonchev–Trinajstić information content (AvgIpc) is 2.56. The van der Waals surface area contributed by atoms with Crippen molar-refractivity contribution in [3.8, 4) is 5.75 Å². The van der Waals surface area contributed by atoms with Crippen molar-refractivity contribution < 1.29 is 14.6 Å². The first-order chi connectivity index (χ1) is 11.4. The highest BCUT2D eigenvalue weighted by atomic mass is 35.5. The van der Waals surface area contributed by atoms with Crippen molar-refractivity contribution in [2.24, 2.45) is 0 Å².